The first-order valence-electron chi connectivity index (χ1n) is 4.62. The number of rotatable bonds is 3. The Balaban J connectivity index is 2.23. The lowest BCUT2D eigenvalue weighted by molar-refractivity contribution is -0.139. The minimum absolute atomic E-state index is 0.334. The maximum absolute atomic E-state index is 10.6. The molecule has 1 aliphatic rings. The summed E-state index contributed by atoms with van der Waals surface area (Å²) in [5.74, 6) is 5.08. The fourth-order valence-corrected chi connectivity index (χ4v) is 1.61. The predicted octanol–water partition coefficient (Wildman–Crippen LogP) is 0.995. The van der Waals surface area contributed by atoms with Crippen molar-refractivity contribution in [2.24, 2.45) is 0 Å². The van der Waals surface area contributed by atoms with E-state index >= 15 is 0 Å². The average molecular weight is 181 g/mol. The Labute approximate surface area is 78.5 Å². The SMILES string of the molecule is CC#CCCC1CCC(C(=O)O)N1. The molecule has 0 bridgehead atoms. The number of carboxylic acid groups (broad SMARTS) is 1. The van der Waals surface area contributed by atoms with Crippen molar-refractivity contribution in [3.05, 3.63) is 0 Å². The van der Waals surface area contributed by atoms with Gasteiger partial charge in [0.05, 0.1) is 0 Å². The van der Waals surface area contributed by atoms with Crippen LogP contribution in [-0.4, -0.2) is 23.2 Å². The highest BCUT2D eigenvalue weighted by Crippen LogP contribution is 2.16. The summed E-state index contributed by atoms with van der Waals surface area (Å²) in [5.41, 5.74) is 0. The first-order valence-corrected chi connectivity index (χ1v) is 4.62. The standard InChI is InChI=1S/C10H15NO2/c1-2-3-4-5-8-6-7-9(11-8)10(12)13/h8-9,11H,4-7H2,1H3,(H,12,13). The molecule has 1 saturated heterocycles. The van der Waals surface area contributed by atoms with Crippen molar-refractivity contribution < 1.29 is 9.90 Å². The second kappa shape index (κ2) is 4.88. The number of carboxylic acids is 1. The molecule has 2 unspecified atom stereocenters. The van der Waals surface area contributed by atoms with Crippen molar-refractivity contribution in [2.75, 3.05) is 0 Å². The highest BCUT2D eigenvalue weighted by molar-refractivity contribution is 5.73. The fraction of sp³-hybridized carbons (Fsp3) is 0.700. The first-order chi connectivity index (χ1) is 6.24. The van der Waals surface area contributed by atoms with Gasteiger partial charge in [-0.15, -0.1) is 11.8 Å². The molecule has 3 heteroatoms. The van der Waals surface area contributed by atoms with Gasteiger partial charge in [-0.2, -0.15) is 0 Å². The summed E-state index contributed by atoms with van der Waals surface area (Å²) in [6, 6.07) is 0.0153. The second-order valence-electron chi connectivity index (χ2n) is 3.30. The molecule has 2 N–H and O–H groups in total. The van der Waals surface area contributed by atoms with Gasteiger partial charge >= 0.3 is 5.97 Å². The minimum atomic E-state index is -0.732. The Hall–Kier alpha value is -1.01. The van der Waals surface area contributed by atoms with Crippen molar-refractivity contribution >= 4 is 5.97 Å². The largest absolute Gasteiger partial charge is 0.480 e. The zero-order chi connectivity index (χ0) is 9.68. The first kappa shape index (κ1) is 10.1. The fourth-order valence-electron chi connectivity index (χ4n) is 1.61. The molecule has 1 aliphatic heterocycles. The Morgan fingerprint density at radius 1 is 1.62 bits per heavy atom. The Bertz CT molecular complexity index is 239. The summed E-state index contributed by atoms with van der Waals surface area (Å²) in [4.78, 5) is 10.6. The van der Waals surface area contributed by atoms with Gasteiger partial charge in [0.1, 0.15) is 6.04 Å². The molecule has 0 spiro atoms. The highest BCUT2D eigenvalue weighted by atomic mass is 16.4. The van der Waals surface area contributed by atoms with Crippen LogP contribution in [0.2, 0.25) is 0 Å². The number of nitrogens with one attached hydrogen (secondary N) is 1. The molecule has 0 aliphatic carbocycles. The van der Waals surface area contributed by atoms with Crippen molar-refractivity contribution in [3.8, 4) is 11.8 Å². The third-order valence-corrected chi connectivity index (χ3v) is 2.33. The van der Waals surface area contributed by atoms with Crippen LogP contribution in [0.5, 0.6) is 0 Å². The number of hydrogen-bond acceptors (Lipinski definition) is 2. The molecular weight excluding hydrogens is 166 g/mol. The maximum Gasteiger partial charge on any atom is 0.320 e. The van der Waals surface area contributed by atoms with E-state index in [1.807, 2.05) is 6.92 Å². The van der Waals surface area contributed by atoms with Crippen LogP contribution >= 0.6 is 0 Å². The van der Waals surface area contributed by atoms with Crippen molar-refractivity contribution in [3.63, 3.8) is 0 Å². The molecular formula is C10H15NO2. The summed E-state index contributed by atoms with van der Waals surface area (Å²) in [6.45, 7) is 1.82. The van der Waals surface area contributed by atoms with Crippen LogP contribution in [0.4, 0.5) is 0 Å². The molecule has 1 fully saturated rings. The van der Waals surface area contributed by atoms with Gasteiger partial charge < -0.3 is 10.4 Å². The lowest BCUT2D eigenvalue weighted by Crippen LogP contribution is -2.35. The van der Waals surface area contributed by atoms with Crippen LogP contribution < -0.4 is 5.32 Å². The van der Waals surface area contributed by atoms with Crippen LogP contribution in [0.1, 0.15) is 32.6 Å². The van der Waals surface area contributed by atoms with Gasteiger partial charge in [0, 0.05) is 12.5 Å². The third-order valence-electron chi connectivity index (χ3n) is 2.33. The quantitative estimate of drug-likeness (QED) is 0.638. The summed E-state index contributed by atoms with van der Waals surface area (Å²) < 4.78 is 0. The molecule has 3 nitrogen and oxygen atoms in total. The van der Waals surface area contributed by atoms with E-state index < -0.39 is 5.97 Å². The molecule has 0 aromatic heterocycles. The number of carbonyl (C=O) groups is 1. The van der Waals surface area contributed by atoms with Crippen LogP contribution in [0.3, 0.4) is 0 Å². The van der Waals surface area contributed by atoms with Gasteiger partial charge in [-0.05, 0) is 26.2 Å². The summed E-state index contributed by atoms with van der Waals surface area (Å²) in [6.07, 6.45) is 3.53. The Morgan fingerprint density at radius 3 is 2.92 bits per heavy atom. The molecule has 0 saturated carbocycles. The van der Waals surface area contributed by atoms with Crippen molar-refractivity contribution in [2.45, 2.75) is 44.7 Å². The van der Waals surface area contributed by atoms with Gasteiger partial charge in [-0.3, -0.25) is 4.79 Å². The zero-order valence-corrected chi connectivity index (χ0v) is 7.84. The average Bonchev–Trinajstić information content (AvgIpc) is 2.53. The van der Waals surface area contributed by atoms with Crippen molar-refractivity contribution in [1.82, 2.24) is 5.32 Å². The lowest BCUT2D eigenvalue weighted by Gasteiger charge is -2.09. The molecule has 0 radical (unpaired) electrons. The summed E-state index contributed by atoms with van der Waals surface area (Å²) in [5, 5.41) is 11.8. The Kier molecular flexibility index (Phi) is 3.78. The lowest BCUT2D eigenvalue weighted by atomic mass is 10.1. The van der Waals surface area contributed by atoms with E-state index in [4.69, 9.17) is 5.11 Å². The van der Waals surface area contributed by atoms with E-state index in [9.17, 15) is 4.79 Å². The van der Waals surface area contributed by atoms with E-state index in [2.05, 4.69) is 17.2 Å². The molecule has 0 amide bonds. The van der Waals surface area contributed by atoms with Crippen molar-refractivity contribution in [1.29, 1.82) is 0 Å². The van der Waals surface area contributed by atoms with E-state index in [1.165, 1.54) is 0 Å². The van der Waals surface area contributed by atoms with E-state index in [-0.39, 0.29) is 6.04 Å². The second-order valence-corrected chi connectivity index (χ2v) is 3.30. The van der Waals surface area contributed by atoms with E-state index in [0.29, 0.717) is 6.04 Å². The van der Waals surface area contributed by atoms with E-state index in [1.54, 1.807) is 0 Å². The van der Waals surface area contributed by atoms with Crippen LogP contribution in [0, 0.1) is 11.8 Å². The summed E-state index contributed by atoms with van der Waals surface area (Å²) in [7, 11) is 0. The Morgan fingerprint density at radius 2 is 2.38 bits per heavy atom. The van der Waals surface area contributed by atoms with Gasteiger partial charge in [0.25, 0.3) is 0 Å². The maximum atomic E-state index is 10.6. The molecule has 72 valence electrons. The van der Waals surface area contributed by atoms with Gasteiger partial charge in [-0.25, -0.2) is 0 Å². The summed E-state index contributed by atoms with van der Waals surface area (Å²) >= 11 is 0. The topological polar surface area (TPSA) is 49.3 Å². The van der Waals surface area contributed by atoms with Crippen LogP contribution in [0.25, 0.3) is 0 Å². The zero-order valence-electron chi connectivity index (χ0n) is 7.84. The minimum Gasteiger partial charge on any atom is -0.480 e. The monoisotopic (exact) mass is 181 g/mol. The molecule has 1 heterocycles. The molecule has 2 atom stereocenters. The van der Waals surface area contributed by atoms with Crippen LogP contribution in [0.15, 0.2) is 0 Å². The van der Waals surface area contributed by atoms with Crippen LogP contribution in [-0.2, 0) is 4.79 Å². The number of hydrogen-bond donors (Lipinski definition) is 2. The van der Waals surface area contributed by atoms with E-state index in [0.717, 1.165) is 25.7 Å². The van der Waals surface area contributed by atoms with Gasteiger partial charge in [0.2, 0.25) is 0 Å². The normalized spacial score (nSPS) is 26.5. The molecule has 13 heavy (non-hydrogen) atoms. The van der Waals surface area contributed by atoms with Gasteiger partial charge in [-0.1, -0.05) is 0 Å². The predicted molar refractivity (Wildman–Crippen MR) is 50.3 cm³/mol. The smallest absolute Gasteiger partial charge is 0.320 e. The highest BCUT2D eigenvalue weighted by Gasteiger charge is 2.27. The molecule has 1 rings (SSSR count). The molecule has 0 aromatic rings. The van der Waals surface area contributed by atoms with Gasteiger partial charge in [0.15, 0.2) is 0 Å². The third kappa shape index (κ3) is 3.08. The number of aliphatic carboxylic acids is 1. The molecule has 0 aromatic carbocycles.